The molecule has 7 heteroatoms. The van der Waals surface area contributed by atoms with E-state index in [2.05, 4.69) is 52.6 Å². The number of methoxy groups -OCH3 is 1. The van der Waals surface area contributed by atoms with Crippen molar-refractivity contribution in [2.24, 2.45) is 7.05 Å². The van der Waals surface area contributed by atoms with E-state index in [0.29, 0.717) is 0 Å². The van der Waals surface area contributed by atoms with Gasteiger partial charge in [-0.2, -0.15) is 5.10 Å². The Morgan fingerprint density at radius 3 is 2.31 bits per heavy atom. The number of hydrogen-bond donors (Lipinski definition) is 0. The molecule has 0 atom stereocenters. The molecule has 2 heterocycles. The van der Waals surface area contributed by atoms with E-state index in [0.717, 1.165) is 45.1 Å². The highest BCUT2D eigenvalue weighted by atomic mass is 32.2. The van der Waals surface area contributed by atoms with Gasteiger partial charge in [0.05, 0.1) is 18.5 Å². The number of aryl methyl sites for hydroxylation is 2. The predicted octanol–water partition coefficient (Wildman–Crippen LogP) is 4.59. The van der Waals surface area contributed by atoms with Crippen LogP contribution < -0.4 is 4.74 Å². The molecular formula is C22H23N5OS. The van der Waals surface area contributed by atoms with Gasteiger partial charge in [0.1, 0.15) is 5.75 Å². The highest BCUT2D eigenvalue weighted by Gasteiger charge is 2.12. The molecule has 0 saturated carbocycles. The van der Waals surface area contributed by atoms with Crippen LogP contribution >= 0.6 is 11.8 Å². The third kappa shape index (κ3) is 4.05. The molecule has 148 valence electrons. The molecule has 4 aromatic rings. The molecule has 0 spiro atoms. The maximum atomic E-state index is 5.22. The number of hydrogen-bond acceptors (Lipinski definition) is 5. The van der Waals surface area contributed by atoms with Crippen molar-refractivity contribution in [2.75, 3.05) is 7.11 Å². The van der Waals surface area contributed by atoms with E-state index in [9.17, 15) is 0 Å². The van der Waals surface area contributed by atoms with E-state index in [1.807, 2.05) is 47.5 Å². The lowest BCUT2D eigenvalue weighted by Gasteiger charge is -2.07. The quantitative estimate of drug-likeness (QED) is 0.439. The van der Waals surface area contributed by atoms with Crippen LogP contribution in [0.5, 0.6) is 5.75 Å². The zero-order valence-corrected chi connectivity index (χ0v) is 17.8. The van der Waals surface area contributed by atoms with E-state index >= 15 is 0 Å². The molecule has 29 heavy (non-hydrogen) atoms. The van der Waals surface area contributed by atoms with Crippen molar-refractivity contribution in [3.8, 4) is 22.8 Å². The Morgan fingerprint density at radius 1 is 0.966 bits per heavy atom. The first-order valence-electron chi connectivity index (χ1n) is 9.34. The maximum absolute atomic E-state index is 5.22. The largest absolute Gasteiger partial charge is 0.497 e. The molecule has 0 fully saturated rings. The highest BCUT2D eigenvalue weighted by molar-refractivity contribution is 7.98. The van der Waals surface area contributed by atoms with E-state index in [1.165, 1.54) is 5.56 Å². The Kier molecular flexibility index (Phi) is 5.40. The van der Waals surface area contributed by atoms with Crippen molar-refractivity contribution in [1.82, 2.24) is 24.5 Å². The number of rotatable bonds is 6. The summed E-state index contributed by atoms with van der Waals surface area (Å²) in [6, 6.07) is 18.4. The van der Waals surface area contributed by atoms with Gasteiger partial charge in [-0.25, -0.2) is 4.68 Å². The van der Waals surface area contributed by atoms with Crippen LogP contribution in [0.4, 0.5) is 0 Å². The molecule has 0 radical (unpaired) electrons. The van der Waals surface area contributed by atoms with E-state index < -0.39 is 0 Å². The molecule has 0 bridgehead atoms. The van der Waals surface area contributed by atoms with Crippen molar-refractivity contribution in [2.45, 2.75) is 24.8 Å². The van der Waals surface area contributed by atoms with Gasteiger partial charge in [0, 0.05) is 24.1 Å². The van der Waals surface area contributed by atoms with Crippen LogP contribution in [0, 0.1) is 13.8 Å². The first kappa shape index (κ1) is 19.3. The van der Waals surface area contributed by atoms with Crippen LogP contribution in [-0.2, 0) is 12.8 Å². The molecule has 0 aliphatic carbocycles. The monoisotopic (exact) mass is 405 g/mol. The summed E-state index contributed by atoms with van der Waals surface area (Å²) in [5.74, 6) is 2.50. The fourth-order valence-corrected chi connectivity index (χ4v) is 4.07. The molecule has 0 unspecified atom stereocenters. The first-order valence-corrected chi connectivity index (χ1v) is 10.3. The predicted molar refractivity (Wildman–Crippen MR) is 116 cm³/mol. The van der Waals surface area contributed by atoms with Crippen LogP contribution in [-0.4, -0.2) is 31.7 Å². The molecule has 2 aromatic heterocycles. The lowest BCUT2D eigenvalue weighted by molar-refractivity contribution is 0.415. The fourth-order valence-electron chi connectivity index (χ4n) is 3.20. The van der Waals surface area contributed by atoms with Crippen LogP contribution in [0.15, 0.2) is 59.8 Å². The van der Waals surface area contributed by atoms with Gasteiger partial charge in [0.2, 0.25) is 0 Å². The summed E-state index contributed by atoms with van der Waals surface area (Å²) < 4.78 is 9.21. The van der Waals surface area contributed by atoms with Crippen LogP contribution in [0.1, 0.15) is 17.0 Å². The molecular weight excluding hydrogens is 382 g/mol. The summed E-state index contributed by atoms with van der Waals surface area (Å²) in [7, 11) is 3.66. The molecule has 4 rings (SSSR count). The summed E-state index contributed by atoms with van der Waals surface area (Å²) in [6.45, 7) is 4.08. The van der Waals surface area contributed by atoms with Crippen molar-refractivity contribution in [3.05, 3.63) is 71.5 Å². The fraction of sp³-hybridized carbons (Fsp3) is 0.227. The third-order valence-electron chi connectivity index (χ3n) is 4.74. The average Bonchev–Trinajstić information content (AvgIpc) is 3.28. The van der Waals surface area contributed by atoms with Crippen LogP contribution in [0.25, 0.3) is 17.1 Å². The van der Waals surface area contributed by atoms with Gasteiger partial charge in [-0.3, -0.25) is 0 Å². The first-order chi connectivity index (χ1) is 14.0. The molecule has 0 N–H and O–H groups in total. The normalized spacial score (nSPS) is 11.0. The van der Waals surface area contributed by atoms with Gasteiger partial charge in [-0.05, 0) is 61.9 Å². The second-order valence-electron chi connectivity index (χ2n) is 6.89. The standard InChI is InChI=1S/C22H23N5OS/c1-15-13-16(2)27(25-15)19-9-5-17(6-10-19)14-29-22-24-23-21(26(22)3)18-7-11-20(28-4)12-8-18/h5-13H,14H2,1-4H3. The van der Waals surface area contributed by atoms with Crippen molar-refractivity contribution >= 4 is 11.8 Å². The summed E-state index contributed by atoms with van der Waals surface area (Å²) in [5, 5.41) is 14.1. The zero-order valence-electron chi connectivity index (χ0n) is 17.0. The minimum atomic E-state index is 0.825. The second-order valence-corrected chi connectivity index (χ2v) is 7.83. The summed E-state index contributed by atoms with van der Waals surface area (Å²) in [5.41, 5.74) is 5.48. The van der Waals surface area contributed by atoms with Crippen LogP contribution in [0.3, 0.4) is 0 Å². The zero-order chi connectivity index (χ0) is 20.4. The molecule has 0 saturated heterocycles. The Morgan fingerprint density at radius 2 is 1.69 bits per heavy atom. The van der Waals surface area contributed by atoms with Crippen LogP contribution in [0.2, 0.25) is 0 Å². The van der Waals surface area contributed by atoms with Crippen molar-refractivity contribution < 1.29 is 4.74 Å². The minimum absolute atomic E-state index is 0.825. The van der Waals surface area contributed by atoms with Crippen molar-refractivity contribution in [1.29, 1.82) is 0 Å². The summed E-state index contributed by atoms with van der Waals surface area (Å²) in [4.78, 5) is 0. The van der Waals surface area contributed by atoms with Crippen molar-refractivity contribution in [3.63, 3.8) is 0 Å². The number of nitrogens with zero attached hydrogens (tertiary/aromatic N) is 5. The minimum Gasteiger partial charge on any atom is -0.497 e. The third-order valence-corrected chi connectivity index (χ3v) is 5.83. The van der Waals surface area contributed by atoms with Gasteiger partial charge in [-0.1, -0.05) is 23.9 Å². The second kappa shape index (κ2) is 8.13. The lowest BCUT2D eigenvalue weighted by Crippen LogP contribution is -1.99. The topological polar surface area (TPSA) is 57.8 Å². The molecule has 0 amide bonds. The van der Waals surface area contributed by atoms with E-state index in [4.69, 9.17) is 4.74 Å². The van der Waals surface area contributed by atoms with Gasteiger partial charge >= 0.3 is 0 Å². The number of ether oxygens (including phenoxy) is 1. The van der Waals surface area contributed by atoms with Gasteiger partial charge in [-0.15, -0.1) is 10.2 Å². The maximum Gasteiger partial charge on any atom is 0.191 e. The highest BCUT2D eigenvalue weighted by Crippen LogP contribution is 2.26. The SMILES string of the molecule is COc1ccc(-c2nnc(SCc3ccc(-n4nc(C)cc4C)cc3)n2C)cc1. The summed E-state index contributed by atoms with van der Waals surface area (Å²) >= 11 is 1.67. The molecule has 0 aliphatic rings. The Balaban J connectivity index is 1.45. The van der Waals surface area contributed by atoms with E-state index in [-0.39, 0.29) is 0 Å². The van der Waals surface area contributed by atoms with Gasteiger partial charge in [0.15, 0.2) is 11.0 Å². The smallest absolute Gasteiger partial charge is 0.191 e. The number of benzene rings is 2. The molecule has 6 nitrogen and oxygen atoms in total. The van der Waals surface area contributed by atoms with E-state index in [1.54, 1.807) is 18.9 Å². The molecule has 0 aliphatic heterocycles. The number of thioether (sulfide) groups is 1. The Bertz CT molecular complexity index is 1110. The lowest BCUT2D eigenvalue weighted by atomic mass is 10.2. The Labute approximate surface area is 174 Å². The molecule has 2 aromatic carbocycles. The van der Waals surface area contributed by atoms with Gasteiger partial charge < -0.3 is 9.30 Å². The Hall–Kier alpha value is -3.06. The number of aromatic nitrogens is 5. The average molecular weight is 406 g/mol. The van der Waals surface area contributed by atoms with Gasteiger partial charge in [0.25, 0.3) is 0 Å². The summed E-state index contributed by atoms with van der Waals surface area (Å²) in [6.07, 6.45) is 0.